The van der Waals surface area contributed by atoms with E-state index in [1.54, 1.807) is 12.1 Å². The Balaban J connectivity index is 1.79. The predicted molar refractivity (Wildman–Crippen MR) is 80.4 cm³/mol. The van der Waals surface area contributed by atoms with Crippen molar-refractivity contribution in [3.63, 3.8) is 0 Å². The number of aryl methyl sites for hydroxylation is 1. The maximum absolute atomic E-state index is 12.4. The van der Waals surface area contributed by atoms with Gasteiger partial charge in [-0.2, -0.15) is 0 Å². The van der Waals surface area contributed by atoms with Gasteiger partial charge >= 0.3 is 0 Å². The predicted octanol–water partition coefficient (Wildman–Crippen LogP) is 2.51. The summed E-state index contributed by atoms with van der Waals surface area (Å²) in [7, 11) is -3.40. The van der Waals surface area contributed by atoms with E-state index in [-0.39, 0.29) is 6.04 Å². The van der Waals surface area contributed by atoms with Gasteiger partial charge in [0.2, 0.25) is 10.0 Å². The molecule has 20 heavy (non-hydrogen) atoms. The van der Waals surface area contributed by atoms with E-state index in [1.807, 2.05) is 13.0 Å². The van der Waals surface area contributed by atoms with Crippen LogP contribution in [0, 0.1) is 5.92 Å². The van der Waals surface area contributed by atoms with Crippen molar-refractivity contribution < 1.29 is 8.42 Å². The fraction of sp³-hybridized carbons (Fsp3) is 0.600. The first-order valence-corrected chi connectivity index (χ1v) is 8.94. The van der Waals surface area contributed by atoms with Gasteiger partial charge in [-0.1, -0.05) is 12.5 Å². The summed E-state index contributed by atoms with van der Waals surface area (Å²) >= 11 is 0. The largest absolute Gasteiger partial charge is 0.385 e. The molecule has 2 aliphatic rings. The van der Waals surface area contributed by atoms with Crippen molar-refractivity contribution in [2.24, 2.45) is 5.92 Å². The number of rotatable bonds is 4. The second kappa shape index (κ2) is 5.37. The standard InChI is InChI=1S/C15H22N2O2S/c1-11(12-4-2-5-12)17-20(18,19)14-8-7-13-6-3-9-16-15(13)10-14/h7-8,10-12,16-17H,2-6,9H2,1H3. The molecule has 2 N–H and O–H groups in total. The van der Waals surface area contributed by atoms with Gasteiger partial charge in [-0.25, -0.2) is 13.1 Å². The minimum atomic E-state index is -3.40. The molecule has 1 aromatic rings. The van der Waals surface area contributed by atoms with E-state index < -0.39 is 10.0 Å². The number of sulfonamides is 1. The lowest BCUT2D eigenvalue weighted by Crippen LogP contribution is -2.40. The van der Waals surface area contributed by atoms with E-state index in [9.17, 15) is 8.42 Å². The zero-order valence-corrected chi connectivity index (χ0v) is 12.7. The van der Waals surface area contributed by atoms with Gasteiger partial charge in [-0.15, -0.1) is 0 Å². The minimum absolute atomic E-state index is 0.0257. The van der Waals surface area contributed by atoms with Crippen LogP contribution < -0.4 is 10.0 Å². The number of anilines is 1. The van der Waals surface area contributed by atoms with Gasteiger partial charge in [0.1, 0.15) is 0 Å². The maximum atomic E-state index is 12.4. The highest BCUT2D eigenvalue weighted by Gasteiger charge is 2.28. The van der Waals surface area contributed by atoms with Crippen LogP contribution in [0.1, 0.15) is 38.2 Å². The first kappa shape index (κ1) is 13.9. The average molecular weight is 294 g/mol. The molecule has 1 aromatic carbocycles. The van der Waals surface area contributed by atoms with Crippen molar-refractivity contribution in [1.29, 1.82) is 0 Å². The van der Waals surface area contributed by atoms with Crippen LogP contribution in [0.3, 0.4) is 0 Å². The summed E-state index contributed by atoms with van der Waals surface area (Å²) in [5.41, 5.74) is 2.18. The van der Waals surface area contributed by atoms with Crippen molar-refractivity contribution in [3.05, 3.63) is 23.8 Å². The van der Waals surface area contributed by atoms with E-state index in [1.165, 1.54) is 12.0 Å². The molecule has 5 heteroatoms. The van der Waals surface area contributed by atoms with E-state index in [0.29, 0.717) is 10.8 Å². The highest BCUT2D eigenvalue weighted by atomic mass is 32.2. The van der Waals surface area contributed by atoms with Crippen LogP contribution in [0.2, 0.25) is 0 Å². The Hall–Kier alpha value is -1.07. The molecule has 1 fully saturated rings. The van der Waals surface area contributed by atoms with Crippen molar-refractivity contribution in [3.8, 4) is 0 Å². The molecule has 1 aliphatic heterocycles. The first-order chi connectivity index (χ1) is 9.56. The molecule has 0 amide bonds. The summed E-state index contributed by atoms with van der Waals surface area (Å²) in [6.45, 7) is 2.89. The van der Waals surface area contributed by atoms with Crippen LogP contribution >= 0.6 is 0 Å². The molecule has 110 valence electrons. The summed E-state index contributed by atoms with van der Waals surface area (Å²) < 4.78 is 27.7. The molecule has 0 saturated heterocycles. The van der Waals surface area contributed by atoms with Gasteiger partial charge in [0.25, 0.3) is 0 Å². The average Bonchev–Trinajstić information content (AvgIpc) is 2.35. The number of hydrogen-bond donors (Lipinski definition) is 2. The SMILES string of the molecule is CC(NS(=O)(=O)c1ccc2c(c1)NCCC2)C1CCC1. The Morgan fingerprint density at radius 3 is 2.80 bits per heavy atom. The zero-order chi connectivity index (χ0) is 14.2. The Morgan fingerprint density at radius 1 is 1.30 bits per heavy atom. The maximum Gasteiger partial charge on any atom is 0.240 e. The topological polar surface area (TPSA) is 58.2 Å². The van der Waals surface area contributed by atoms with Crippen LogP contribution in [-0.4, -0.2) is 21.0 Å². The summed E-state index contributed by atoms with van der Waals surface area (Å²) in [6, 6.07) is 5.45. The van der Waals surface area contributed by atoms with Gasteiger partial charge < -0.3 is 5.32 Å². The summed E-state index contributed by atoms with van der Waals surface area (Å²) in [5.74, 6) is 0.500. The zero-order valence-electron chi connectivity index (χ0n) is 11.9. The van der Waals surface area contributed by atoms with E-state index in [2.05, 4.69) is 10.0 Å². The summed E-state index contributed by atoms with van der Waals surface area (Å²) in [4.78, 5) is 0.372. The van der Waals surface area contributed by atoms with Crippen LogP contribution in [0.4, 0.5) is 5.69 Å². The lowest BCUT2D eigenvalue weighted by atomic mass is 9.81. The van der Waals surface area contributed by atoms with Crippen LogP contribution in [0.5, 0.6) is 0 Å². The summed E-state index contributed by atoms with van der Waals surface area (Å²) in [5, 5.41) is 3.28. The fourth-order valence-corrected chi connectivity index (χ4v) is 4.29. The lowest BCUT2D eigenvalue weighted by molar-refractivity contribution is 0.260. The van der Waals surface area contributed by atoms with Crippen molar-refractivity contribution in [2.75, 3.05) is 11.9 Å². The fourth-order valence-electron chi connectivity index (χ4n) is 2.96. The first-order valence-electron chi connectivity index (χ1n) is 7.45. The third-order valence-electron chi connectivity index (χ3n) is 4.53. The molecule has 0 aromatic heterocycles. The summed E-state index contributed by atoms with van der Waals surface area (Å²) in [6.07, 6.45) is 5.62. The van der Waals surface area contributed by atoms with Gasteiger partial charge in [0.15, 0.2) is 0 Å². The molecule has 1 saturated carbocycles. The molecular weight excluding hydrogens is 272 g/mol. The molecule has 1 unspecified atom stereocenters. The van der Waals surface area contributed by atoms with E-state index in [0.717, 1.165) is 37.9 Å². The van der Waals surface area contributed by atoms with E-state index in [4.69, 9.17) is 0 Å². The number of nitrogens with one attached hydrogen (secondary N) is 2. The van der Waals surface area contributed by atoms with Crippen molar-refractivity contribution >= 4 is 15.7 Å². The van der Waals surface area contributed by atoms with Crippen LogP contribution in [-0.2, 0) is 16.4 Å². The monoisotopic (exact) mass is 294 g/mol. The molecule has 3 rings (SSSR count). The second-order valence-electron chi connectivity index (χ2n) is 5.95. The third-order valence-corrected chi connectivity index (χ3v) is 6.08. The number of benzene rings is 1. The van der Waals surface area contributed by atoms with Gasteiger partial charge in [0.05, 0.1) is 4.90 Å². The highest BCUT2D eigenvalue weighted by molar-refractivity contribution is 7.89. The number of hydrogen-bond acceptors (Lipinski definition) is 3. The molecule has 0 bridgehead atoms. The number of fused-ring (bicyclic) bond motifs is 1. The Labute approximate surface area is 121 Å². The smallest absolute Gasteiger partial charge is 0.240 e. The molecule has 1 aliphatic carbocycles. The van der Waals surface area contributed by atoms with Gasteiger partial charge in [-0.05, 0) is 56.2 Å². The molecule has 0 spiro atoms. The Morgan fingerprint density at radius 2 is 2.10 bits per heavy atom. The molecular formula is C15H22N2O2S. The van der Waals surface area contributed by atoms with Crippen molar-refractivity contribution in [1.82, 2.24) is 4.72 Å². The lowest BCUT2D eigenvalue weighted by Gasteiger charge is -2.31. The molecule has 1 heterocycles. The van der Waals surface area contributed by atoms with Crippen LogP contribution in [0.25, 0.3) is 0 Å². The van der Waals surface area contributed by atoms with Crippen LogP contribution in [0.15, 0.2) is 23.1 Å². The molecule has 1 atom stereocenters. The minimum Gasteiger partial charge on any atom is -0.385 e. The van der Waals surface area contributed by atoms with E-state index >= 15 is 0 Å². The van der Waals surface area contributed by atoms with Crippen molar-refractivity contribution in [2.45, 2.75) is 50.0 Å². The van der Waals surface area contributed by atoms with Gasteiger partial charge in [0, 0.05) is 18.3 Å². The Bertz CT molecular complexity index is 594. The third kappa shape index (κ3) is 2.69. The van der Waals surface area contributed by atoms with Gasteiger partial charge in [-0.3, -0.25) is 0 Å². The second-order valence-corrected chi connectivity index (χ2v) is 7.66. The quantitative estimate of drug-likeness (QED) is 0.897. The molecule has 4 nitrogen and oxygen atoms in total. The molecule has 0 radical (unpaired) electrons. The Kier molecular flexibility index (Phi) is 3.73. The highest BCUT2D eigenvalue weighted by Crippen LogP contribution is 2.30. The normalized spacial score (nSPS) is 20.6.